The summed E-state index contributed by atoms with van der Waals surface area (Å²) in [4.78, 5) is 23.7. The van der Waals surface area contributed by atoms with Crippen LogP contribution in [0.4, 0.5) is 4.79 Å². The van der Waals surface area contributed by atoms with Gasteiger partial charge in [-0.2, -0.15) is 0 Å². The van der Waals surface area contributed by atoms with Crippen LogP contribution in [0.2, 0.25) is 5.02 Å². The molecule has 0 heterocycles. The largest absolute Gasteiger partial charge is 0.449 e. The Morgan fingerprint density at radius 1 is 1.39 bits per heavy atom. The summed E-state index contributed by atoms with van der Waals surface area (Å²) in [6, 6.07) is 5.09. The second-order valence-electron chi connectivity index (χ2n) is 3.15. The predicted molar refractivity (Wildman–Crippen MR) is 70.9 cm³/mol. The van der Waals surface area contributed by atoms with Crippen LogP contribution in [-0.2, 0) is 4.74 Å². The van der Waals surface area contributed by atoms with Crippen molar-refractivity contribution in [3.63, 3.8) is 0 Å². The molecular formula is C11H13ClN2O3S. The molecule has 2 amide bonds. The molecule has 18 heavy (non-hydrogen) atoms. The van der Waals surface area contributed by atoms with Crippen LogP contribution in [0.15, 0.2) is 23.1 Å². The molecule has 1 aromatic carbocycles. The van der Waals surface area contributed by atoms with Gasteiger partial charge in [0, 0.05) is 4.90 Å². The predicted octanol–water partition coefficient (Wildman–Crippen LogP) is 2.45. The number of hydrogen-bond donors (Lipinski definition) is 2. The van der Waals surface area contributed by atoms with E-state index < -0.39 is 12.0 Å². The molecule has 1 rings (SSSR count). The maximum atomic E-state index is 11.8. The van der Waals surface area contributed by atoms with Crippen molar-refractivity contribution in [1.29, 1.82) is 0 Å². The molecule has 0 aliphatic carbocycles. The van der Waals surface area contributed by atoms with E-state index >= 15 is 0 Å². The normalized spacial score (nSPS) is 9.72. The third-order valence-electron chi connectivity index (χ3n) is 1.97. The number of hydrogen-bond acceptors (Lipinski definition) is 4. The summed E-state index contributed by atoms with van der Waals surface area (Å²) >= 11 is 7.40. The lowest BCUT2D eigenvalue weighted by molar-refractivity contribution is 0.0912. The van der Waals surface area contributed by atoms with Crippen molar-refractivity contribution in [1.82, 2.24) is 10.9 Å². The zero-order valence-corrected chi connectivity index (χ0v) is 11.5. The SMILES string of the molecule is CCOC(=O)NNC(=O)c1cc(SC)ccc1Cl. The molecular weight excluding hydrogens is 276 g/mol. The maximum Gasteiger partial charge on any atom is 0.426 e. The number of nitrogens with one attached hydrogen (secondary N) is 2. The molecule has 98 valence electrons. The van der Waals surface area contributed by atoms with Crippen molar-refractivity contribution in [3.8, 4) is 0 Å². The molecule has 0 radical (unpaired) electrons. The molecule has 0 unspecified atom stereocenters. The highest BCUT2D eigenvalue weighted by atomic mass is 35.5. The third kappa shape index (κ3) is 4.12. The number of halogens is 1. The van der Waals surface area contributed by atoms with E-state index in [2.05, 4.69) is 15.6 Å². The fourth-order valence-electron chi connectivity index (χ4n) is 1.15. The average molecular weight is 289 g/mol. The molecule has 1 aromatic rings. The number of amides is 2. The number of hydrazine groups is 1. The van der Waals surface area contributed by atoms with Crippen LogP contribution in [0.1, 0.15) is 17.3 Å². The first-order chi connectivity index (χ1) is 8.58. The number of carbonyl (C=O) groups is 2. The number of rotatable bonds is 3. The van der Waals surface area contributed by atoms with E-state index in [9.17, 15) is 9.59 Å². The van der Waals surface area contributed by atoms with Crippen LogP contribution in [0.3, 0.4) is 0 Å². The highest BCUT2D eigenvalue weighted by Crippen LogP contribution is 2.22. The molecule has 0 bridgehead atoms. The van der Waals surface area contributed by atoms with Gasteiger partial charge in [0.05, 0.1) is 17.2 Å². The highest BCUT2D eigenvalue weighted by Gasteiger charge is 2.12. The lowest BCUT2D eigenvalue weighted by Crippen LogP contribution is -2.42. The van der Waals surface area contributed by atoms with E-state index in [1.165, 1.54) is 11.8 Å². The fraction of sp³-hybridized carbons (Fsp3) is 0.273. The Kier molecular flexibility index (Phi) is 5.80. The van der Waals surface area contributed by atoms with E-state index in [0.29, 0.717) is 10.6 Å². The van der Waals surface area contributed by atoms with E-state index in [1.54, 1.807) is 19.1 Å². The minimum Gasteiger partial charge on any atom is -0.449 e. The Balaban J connectivity index is 2.69. The van der Waals surface area contributed by atoms with Gasteiger partial charge in [-0.15, -0.1) is 11.8 Å². The first kappa shape index (κ1) is 14.7. The zero-order chi connectivity index (χ0) is 13.5. The van der Waals surface area contributed by atoms with Gasteiger partial charge >= 0.3 is 6.09 Å². The minimum absolute atomic E-state index is 0.227. The smallest absolute Gasteiger partial charge is 0.426 e. The van der Waals surface area contributed by atoms with Gasteiger partial charge in [-0.1, -0.05) is 11.6 Å². The van der Waals surface area contributed by atoms with Gasteiger partial charge in [-0.05, 0) is 31.4 Å². The van der Waals surface area contributed by atoms with Crippen molar-refractivity contribution < 1.29 is 14.3 Å². The quantitative estimate of drug-likeness (QED) is 0.662. The lowest BCUT2D eigenvalue weighted by Gasteiger charge is -2.09. The van der Waals surface area contributed by atoms with Gasteiger partial charge in [0.25, 0.3) is 5.91 Å². The Hall–Kier alpha value is -1.40. The van der Waals surface area contributed by atoms with Gasteiger partial charge in [-0.3, -0.25) is 10.2 Å². The monoisotopic (exact) mass is 288 g/mol. The van der Waals surface area contributed by atoms with Crippen LogP contribution in [-0.4, -0.2) is 24.9 Å². The summed E-state index contributed by atoms with van der Waals surface area (Å²) in [5.74, 6) is -0.496. The van der Waals surface area contributed by atoms with Crippen LogP contribution in [0, 0.1) is 0 Å². The van der Waals surface area contributed by atoms with Crippen molar-refractivity contribution in [2.24, 2.45) is 0 Å². The van der Waals surface area contributed by atoms with E-state index in [-0.39, 0.29) is 6.61 Å². The second kappa shape index (κ2) is 7.13. The van der Waals surface area contributed by atoms with E-state index in [0.717, 1.165) is 4.90 Å². The molecule has 0 spiro atoms. The van der Waals surface area contributed by atoms with Crippen molar-refractivity contribution in [2.45, 2.75) is 11.8 Å². The first-order valence-corrected chi connectivity index (χ1v) is 6.75. The summed E-state index contributed by atoms with van der Waals surface area (Å²) < 4.78 is 4.60. The Bertz CT molecular complexity index is 454. The standard InChI is InChI=1S/C11H13ClN2O3S/c1-3-17-11(16)14-13-10(15)8-6-7(18-2)4-5-9(8)12/h4-6H,3H2,1-2H3,(H,13,15)(H,14,16). The van der Waals surface area contributed by atoms with Crippen LogP contribution >= 0.6 is 23.4 Å². The molecule has 7 heteroatoms. The van der Waals surface area contributed by atoms with Crippen LogP contribution in [0.5, 0.6) is 0 Å². The summed E-state index contributed by atoms with van der Waals surface area (Å²) in [7, 11) is 0. The average Bonchev–Trinajstić information content (AvgIpc) is 2.37. The Labute approximate surface area is 114 Å². The summed E-state index contributed by atoms with van der Waals surface area (Å²) in [5, 5.41) is 0.316. The Morgan fingerprint density at radius 2 is 2.11 bits per heavy atom. The fourth-order valence-corrected chi connectivity index (χ4v) is 1.79. The molecule has 0 aliphatic heterocycles. The van der Waals surface area contributed by atoms with Gasteiger partial charge in [0.1, 0.15) is 0 Å². The van der Waals surface area contributed by atoms with Gasteiger partial charge < -0.3 is 4.74 Å². The summed E-state index contributed by atoms with van der Waals surface area (Å²) in [6.07, 6.45) is 1.17. The molecule has 0 aliphatic rings. The molecule has 5 nitrogen and oxygen atoms in total. The minimum atomic E-state index is -0.719. The van der Waals surface area contributed by atoms with Gasteiger partial charge in [0.2, 0.25) is 0 Å². The number of ether oxygens (including phenoxy) is 1. The van der Waals surface area contributed by atoms with E-state index in [4.69, 9.17) is 11.6 Å². The van der Waals surface area contributed by atoms with Crippen molar-refractivity contribution in [2.75, 3.05) is 12.9 Å². The number of thioether (sulfide) groups is 1. The summed E-state index contributed by atoms with van der Waals surface area (Å²) in [5.41, 5.74) is 4.63. The van der Waals surface area contributed by atoms with Gasteiger partial charge in [0.15, 0.2) is 0 Å². The number of benzene rings is 1. The number of carbonyl (C=O) groups excluding carboxylic acids is 2. The van der Waals surface area contributed by atoms with Gasteiger partial charge in [-0.25, -0.2) is 10.2 Å². The topological polar surface area (TPSA) is 67.4 Å². The maximum absolute atomic E-state index is 11.8. The molecule has 0 saturated carbocycles. The van der Waals surface area contributed by atoms with Crippen LogP contribution in [0.25, 0.3) is 0 Å². The molecule has 2 N–H and O–H groups in total. The molecule has 0 atom stereocenters. The molecule has 0 aromatic heterocycles. The Morgan fingerprint density at radius 3 is 2.72 bits per heavy atom. The first-order valence-electron chi connectivity index (χ1n) is 5.15. The third-order valence-corrected chi connectivity index (χ3v) is 3.03. The van der Waals surface area contributed by atoms with Crippen molar-refractivity contribution >= 4 is 35.4 Å². The highest BCUT2D eigenvalue weighted by molar-refractivity contribution is 7.98. The zero-order valence-electron chi connectivity index (χ0n) is 9.95. The lowest BCUT2D eigenvalue weighted by atomic mass is 10.2. The van der Waals surface area contributed by atoms with Crippen LogP contribution < -0.4 is 10.9 Å². The van der Waals surface area contributed by atoms with E-state index in [1.807, 2.05) is 12.3 Å². The molecule has 0 saturated heterocycles. The molecule has 0 fully saturated rings. The summed E-state index contributed by atoms with van der Waals surface area (Å²) in [6.45, 7) is 1.89. The van der Waals surface area contributed by atoms with Crippen molar-refractivity contribution in [3.05, 3.63) is 28.8 Å². The second-order valence-corrected chi connectivity index (χ2v) is 4.43.